The van der Waals surface area contributed by atoms with E-state index in [1.54, 1.807) is 0 Å². The van der Waals surface area contributed by atoms with Crippen molar-refractivity contribution in [2.24, 2.45) is 43.3 Å². The molecule has 0 aliphatic rings. The molecule has 14 nitrogen and oxygen atoms in total. The summed E-state index contributed by atoms with van der Waals surface area (Å²) in [7, 11) is 0. The lowest BCUT2D eigenvalue weighted by Crippen LogP contribution is -2.43. The van der Waals surface area contributed by atoms with Crippen molar-refractivity contribution in [2.75, 3.05) is 178 Å². The molecule has 0 heterocycles. The molecular formula is C57H118O14. The molecule has 71 heavy (non-hydrogen) atoms. The molecule has 0 aliphatic heterocycles. The molecule has 0 spiro atoms. The second-order valence-corrected chi connectivity index (χ2v) is 27.6. The van der Waals surface area contributed by atoms with Crippen molar-refractivity contribution in [3.63, 3.8) is 0 Å². The van der Waals surface area contributed by atoms with Gasteiger partial charge in [-0.1, -0.05) is 145 Å². The van der Waals surface area contributed by atoms with E-state index in [0.717, 1.165) is 13.2 Å². The second-order valence-electron chi connectivity index (χ2n) is 27.6. The third kappa shape index (κ3) is 60.2. The fourth-order valence-corrected chi connectivity index (χ4v) is 5.61. The highest BCUT2D eigenvalue weighted by atomic mass is 16.6. The highest BCUT2D eigenvalue weighted by molar-refractivity contribution is 4.80. The molecule has 0 unspecified atom stereocenters. The van der Waals surface area contributed by atoms with Gasteiger partial charge in [-0.25, -0.2) is 0 Å². The molecule has 0 saturated heterocycles. The Labute approximate surface area is 438 Å². The van der Waals surface area contributed by atoms with Gasteiger partial charge in [0.1, 0.15) is 6.10 Å². The summed E-state index contributed by atoms with van der Waals surface area (Å²) in [5.41, 5.74) is 0.505. The van der Waals surface area contributed by atoms with Crippen molar-refractivity contribution < 1.29 is 66.3 Å². The lowest BCUT2D eigenvalue weighted by atomic mass is 9.92. The van der Waals surface area contributed by atoms with Crippen molar-refractivity contribution in [1.82, 2.24) is 0 Å². The Morgan fingerprint density at radius 3 is 0.535 bits per heavy atom. The molecule has 0 aromatic heterocycles. The van der Waals surface area contributed by atoms with Crippen LogP contribution in [0.5, 0.6) is 0 Å². The number of hydrogen-bond donors (Lipinski definition) is 0. The van der Waals surface area contributed by atoms with Crippen LogP contribution in [-0.2, 0) is 66.3 Å². The Kier molecular flexibility index (Phi) is 39.7. The van der Waals surface area contributed by atoms with Gasteiger partial charge in [-0.2, -0.15) is 0 Å². The van der Waals surface area contributed by atoms with Crippen LogP contribution in [0.2, 0.25) is 0 Å². The van der Waals surface area contributed by atoms with Gasteiger partial charge in [0, 0.05) is 0 Å². The topological polar surface area (TPSA) is 129 Å². The van der Waals surface area contributed by atoms with Crippen molar-refractivity contribution in [3.05, 3.63) is 0 Å². The highest BCUT2D eigenvalue weighted by Crippen LogP contribution is 2.23. The third-order valence-corrected chi connectivity index (χ3v) is 8.80. The smallest absolute Gasteiger partial charge is 0.104 e. The maximum atomic E-state index is 6.12. The van der Waals surface area contributed by atoms with Crippen LogP contribution in [0.3, 0.4) is 0 Å². The van der Waals surface area contributed by atoms with E-state index in [0.29, 0.717) is 165 Å². The van der Waals surface area contributed by atoms with E-state index >= 15 is 0 Å². The van der Waals surface area contributed by atoms with Crippen LogP contribution in [0, 0.1) is 43.3 Å². The lowest BCUT2D eigenvalue weighted by Gasteiger charge is -2.33. The monoisotopic (exact) mass is 1030 g/mol. The standard InChI is InChI=1S/C33H68O8.C24H50O6/c1-29(2,3)21-34-13-17-38-25-33(26-39-18-14-35-22-30(4,5)6,27-40-19-15-36-23-31(7,8)9)28-41-20-16-37-24-32(10,11)12;1-22(2,3)18-27-12-10-25-16-21(30-15-14-29-20-24(7,8)9)17-26-11-13-28-19-23(4,5)6/h13-28H2,1-12H3;21H,10-20H2,1-9H3. The van der Waals surface area contributed by atoms with Crippen molar-refractivity contribution in [2.45, 2.75) is 152 Å². The van der Waals surface area contributed by atoms with E-state index in [1.165, 1.54) is 0 Å². The first-order chi connectivity index (χ1) is 32.6. The molecule has 0 aliphatic carbocycles. The minimum absolute atomic E-state index is 0.123. The molecule has 0 rings (SSSR count). The molecule has 0 amide bonds. The maximum absolute atomic E-state index is 6.12. The zero-order valence-electron chi connectivity index (χ0n) is 50.4. The molecule has 0 aromatic carbocycles. The van der Waals surface area contributed by atoms with Crippen molar-refractivity contribution in [3.8, 4) is 0 Å². The first-order valence-corrected chi connectivity index (χ1v) is 26.7. The van der Waals surface area contributed by atoms with Crippen LogP contribution in [-0.4, -0.2) is 184 Å². The predicted octanol–water partition coefficient (Wildman–Crippen LogP) is 10.9. The summed E-state index contributed by atoms with van der Waals surface area (Å²) in [5.74, 6) is 0. The van der Waals surface area contributed by atoms with Crippen LogP contribution in [0.4, 0.5) is 0 Å². The normalized spacial score (nSPS) is 13.6. The Hall–Kier alpha value is -0.560. The zero-order valence-corrected chi connectivity index (χ0v) is 50.4. The molecule has 0 fully saturated rings. The van der Waals surface area contributed by atoms with Crippen LogP contribution >= 0.6 is 0 Å². The fraction of sp³-hybridized carbons (Fsp3) is 1.00. The average molecular weight is 1030 g/mol. The molecule has 0 N–H and O–H groups in total. The minimum atomic E-state index is -0.484. The Balaban J connectivity index is 0. The summed E-state index contributed by atoms with van der Waals surface area (Å²) in [4.78, 5) is 0. The van der Waals surface area contributed by atoms with Gasteiger partial charge in [0.05, 0.1) is 184 Å². The second kappa shape index (κ2) is 38.9. The van der Waals surface area contributed by atoms with E-state index < -0.39 is 5.41 Å². The highest BCUT2D eigenvalue weighted by Gasteiger charge is 2.33. The van der Waals surface area contributed by atoms with Crippen molar-refractivity contribution in [1.29, 1.82) is 0 Å². The quantitative estimate of drug-likeness (QED) is 0.0539. The fourth-order valence-electron chi connectivity index (χ4n) is 5.61. The van der Waals surface area contributed by atoms with Crippen LogP contribution in [0.15, 0.2) is 0 Å². The Morgan fingerprint density at radius 2 is 0.352 bits per heavy atom. The van der Waals surface area contributed by atoms with Gasteiger partial charge in [0.15, 0.2) is 0 Å². The van der Waals surface area contributed by atoms with Crippen LogP contribution in [0.1, 0.15) is 145 Å². The summed E-state index contributed by atoms with van der Waals surface area (Å²) in [6.45, 7) is 60.4. The molecule has 430 valence electrons. The summed E-state index contributed by atoms with van der Waals surface area (Å²) in [6.07, 6.45) is -0.131. The van der Waals surface area contributed by atoms with E-state index in [9.17, 15) is 0 Å². The summed E-state index contributed by atoms with van der Waals surface area (Å²) < 4.78 is 82.1. The first kappa shape index (κ1) is 72.5. The van der Waals surface area contributed by atoms with Crippen molar-refractivity contribution >= 4 is 0 Å². The summed E-state index contributed by atoms with van der Waals surface area (Å²) in [6, 6.07) is 0. The molecular weight excluding hydrogens is 909 g/mol. The SMILES string of the molecule is CC(C)(C)COCCOCC(COCCOCC(C)(C)C)(COCCOCC(C)(C)C)COCCOCC(C)(C)C.CC(C)(C)COCCOCC(COCCOCC(C)(C)C)OCCOCC(C)(C)C. The largest absolute Gasteiger partial charge is 0.379 e. The number of hydrogen-bond acceptors (Lipinski definition) is 14. The molecule has 14 heteroatoms. The van der Waals surface area contributed by atoms with E-state index in [2.05, 4.69) is 145 Å². The van der Waals surface area contributed by atoms with Gasteiger partial charge in [-0.3, -0.25) is 0 Å². The number of rotatable bonds is 41. The maximum Gasteiger partial charge on any atom is 0.104 e. The zero-order chi connectivity index (χ0) is 54.6. The Morgan fingerprint density at radius 1 is 0.197 bits per heavy atom. The molecule has 0 saturated carbocycles. The molecule has 0 atom stereocenters. The average Bonchev–Trinajstić information content (AvgIpc) is 3.19. The van der Waals surface area contributed by atoms with Crippen LogP contribution < -0.4 is 0 Å². The van der Waals surface area contributed by atoms with Gasteiger partial charge in [-0.05, 0) is 37.9 Å². The van der Waals surface area contributed by atoms with E-state index in [1.807, 2.05) is 0 Å². The lowest BCUT2D eigenvalue weighted by molar-refractivity contribution is -0.124. The number of ether oxygens (including phenoxy) is 14. The van der Waals surface area contributed by atoms with E-state index in [4.69, 9.17) is 66.3 Å². The minimum Gasteiger partial charge on any atom is -0.379 e. The Bertz CT molecular complexity index is 1050. The van der Waals surface area contributed by atoms with Gasteiger partial charge >= 0.3 is 0 Å². The molecule has 0 aromatic rings. The van der Waals surface area contributed by atoms with Gasteiger partial charge in [0.25, 0.3) is 0 Å². The van der Waals surface area contributed by atoms with E-state index in [-0.39, 0.29) is 44.0 Å². The molecule has 0 bridgehead atoms. The van der Waals surface area contributed by atoms with Gasteiger partial charge < -0.3 is 66.3 Å². The molecule has 0 radical (unpaired) electrons. The predicted molar refractivity (Wildman–Crippen MR) is 289 cm³/mol. The van der Waals surface area contributed by atoms with Gasteiger partial charge in [-0.15, -0.1) is 0 Å². The van der Waals surface area contributed by atoms with Crippen LogP contribution in [0.25, 0.3) is 0 Å². The summed E-state index contributed by atoms with van der Waals surface area (Å²) in [5, 5.41) is 0. The van der Waals surface area contributed by atoms with Gasteiger partial charge in [0.2, 0.25) is 0 Å². The third-order valence-electron chi connectivity index (χ3n) is 8.80. The first-order valence-electron chi connectivity index (χ1n) is 26.7. The summed E-state index contributed by atoms with van der Waals surface area (Å²) >= 11 is 0.